The minimum Gasteiger partial charge on any atom is -0.392 e. The average molecular weight is 341 g/mol. The molecule has 0 bridgehead atoms. The van der Waals surface area contributed by atoms with Gasteiger partial charge in [-0.1, -0.05) is 12.1 Å². The lowest BCUT2D eigenvalue weighted by molar-refractivity contribution is -0.209. The molecular formula is C20H27N3O2. The largest absolute Gasteiger partial charge is 0.392 e. The summed E-state index contributed by atoms with van der Waals surface area (Å²) >= 11 is 0. The summed E-state index contributed by atoms with van der Waals surface area (Å²) in [5.41, 5.74) is 2.42. The van der Waals surface area contributed by atoms with E-state index in [4.69, 9.17) is 4.74 Å². The Hall–Kier alpha value is -1.69. The van der Waals surface area contributed by atoms with E-state index < -0.39 is 0 Å². The van der Waals surface area contributed by atoms with Gasteiger partial charge in [-0.2, -0.15) is 5.10 Å². The second kappa shape index (κ2) is 6.90. The van der Waals surface area contributed by atoms with Gasteiger partial charge >= 0.3 is 0 Å². The van der Waals surface area contributed by atoms with Crippen LogP contribution in [-0.4, -0.2) is 51.7 Å². The summed E-state index contributed by atoms with van der Waals surface area (Å²) in [5, 5.41) is 14.6. The van der Waals surface area contributed by atoms with Gasteiger partial charge in [0.2, 0.25) is 0 Å². The summed E-state index contributed by atoms with van der Waals surface area (Å²) in [4.78, 5) is 2.49. The van der Waals surface area contributed by atoms with Crippen molar-refractivity contribution in [3.8, 4) is 5.69 Å². The van der Waals surface area contributed by atoms with Crippen molar-refractivity contribution in [3.63, 3.8) is 0 Å². The molecule has 5 nitrogen and oxygen atoms in total. The third kappa shape index (κ3) is 3.12. The first kappa shape index (κ1) is 16.8. The normalized spacial score (nSPS) is 25.8. The van der Waals surface area contributed by atoms with Crippen molar-refractivity contribution < 1.29 is 9.84 Å². The van der Waals surface area contributed by atoms with Gasteiger partial charge in [-0.25, -0.2) is 4.68 Å². The van der Waals surface area contributed by atoms with Crippen molar-refractivity contribution in [3.05, 3.63) is 48.3 Å². The number of likely N-dealkylation sites (tertiary alicyclic amines) is 1. The summed E-state index contributed by atoms with van der Waals surface area (Å²) in [6.07, 6.45) is 6.69. The van der Waals surface area contributed by atoms with Gasteiger partial charge in [0.15, 0.2) is 0 Å². The van der Waals surface area contributed by atoms with Crippen molar-refractivity contribution in [2.45, 2.75) is 44.9 Å². The lowest BCUT2D eigenvalue weighted by atomic mass is 9.58. The Morgan fingerprint density at radius 3 is 2.60 bits per heavy atom. The molecule has 1 spiro atoms. The first-order valence-electron chi connectivity index (χ1n) is 9.32. The van der Waals surface area contributed by atoms with Crippen molar-refractivity contribution in [1.82, 2.24) is 14.7 Å². The molecule has 1 aliphatic heterocycles. The summed E-state index contributed by atoms with van der Waals surface area (Å²) in [5.74, 6) is 0. The highest BCUT2D eigenvalue weighted by atomic mass is 16.5. The highest BCUT2D eigenvalue weighted by molar-refractivity contribution is 5.33. The van der Waals surface area contributed by atoms with Crippen molar-refractivity contribution in [2.75, 3.05) is 19.7 Å². The van der Waals surface area contributed by atoms with Crippen LogP contribution in [0.15, 0.2) is 42.7 Å². The van der Waals surface area contributed by atoms with Gasteiger partial charge in [0.05, 0.1) is 17.9 Å². The molecule has 1 aromatic heterocycles. The maximum absolute atomic E-state index is 10.3. The smallest absolute Gasteiger partial charge is 0.0681 e. The van der Waals surface area contributed by atoms with E-state index in [0.29, 0.717) is 0 Å². The molecule has 134 valence electrons. The molecule has 2 heterocycles. The number of benzene rings is 1. The number of ether oxygens (including phenoxy) is 1. The zero-order valence-electron chi connectivity index (χ0n) is 14.8. The fraction of sp³-hybridized carbons (Fsp3) is 0.550. The van der Waals surface area contributed by atoms with Crippen LogP contribution < -0.4 is 0 Å². The molecule has 2 atom stereocenters. The summed E-state index contributed by atoms with van der Waals surface area (Å²) in [7, 11) is 0. The number of nitrogens with zero attached hydrogens (tertiary/aromatic N) is 3. The molecule has 2 fully saturated rings. The van der Waals surface area contributed by atoms with Crippen LogP contribution in [0.4, 0.5) is 0 Å². The van der Waals surface area contributed by atoms with Gasteiger partial charge in [0.25, 0.3) is 0 Å². The molecule has 2 aliphatic rings. The Kier molecular flexibility index (Phi) is 4.63. The van der Waals surface area contributed by atoms with Crippen LogP contribution in [0.2, 0.25) is 0 Å². The summed E-state index contributed by atoms with van der Waals surface area (Å²) in [6, 6.07) is 10.5. The predicted molar refractivity (Wildman–Crippen MR) is 96.5 cm³/mol. The van der Waals surface area contributed by atoms with E-state index in [1.165, 1.54) is 5.56 Å². The summed E-state index contributed by atoms with van der Waals surface area (Å²) in [6.45, 7) is 5.81. The molecule has 1 aliphatic carbocycles. The molecular weight excluding hydrogens is 314 g/mol. The topological polar surface area (TPSA) is 50.5 Å². The van der Waals surface area contributed by atoms with Gasteiger partial charge in [0.1, 0.15) is 0 Å². The Morgan fingerprint density at radius 1 is 1.24 bits per heavy atom. The van der Waals surface area contributed by atoms with E-state index in [1.807, 2.05) is 23.9 Å². The fourth-order valence-corrected chi connectivity index (χ4v) is 4.38. The zero-order valence-corrected chi connectivity index (χ0v) is 14.8. The van der Waals surface area contributed by atoms with E-state index in [0.717, 1.165) is 51.2 Å². The maximum Gasteiger partial charge on any atom is 0.0681 e. The zero-order chi connectivity index (χ0) is 17.3. The van der Waals surface area contributed by atoms with Gasteiger partial charge in [-0.3, -0.25) is 4.90 Å². The monoisotopic (exact) mass is 341 g/mol. The van der Waals surface area contributed by atoms with Gasteiger partial charge in [0, 0.05) is 37.4 Å². The maximum atomic E-state index is 10.3. The number of rotatable bonds is 5. The van der Waals surface area contributed by atoms with Gasteiger partial charge < -0.3 is 9.84 Å². The lowest BCUT2D eigenvalue weighted by Crippen LogP contribution is -2.62. The molecule has 1 saturated heterocycles. The molecule has 4 rings (SSSR count). The first-order valence-corrected chi connectivity index (χ1v) is 9.32. The molecule has 2 unspecified atom stereocenters. The Balaban J connectivity index is 1.34. The molecule has 1 aromatic carbocycles. The van der Waals surface area contributed by atoms with E-state index in [1.54, 1.807) is 6.20 Å². The number of hydrogen-bond donors (Lipinski definition) is 1. The first-order chi connectivity index (χ1) is 12.2. The van der Waals surface area contributed by atoms with Crippen LogP contribution in [0, 0.1) is 5.41 Å². The van der Waals surface area contributed by atoms with E-state index in [9.17, 15) is 5.11 Å². The minimum atomic E-state index is -0.181. The number of aliphatic hydroxyl groups excluding tert-OH is 1. The van der Waals surface area contributed by atoms with Crippen LogP contribution in [0.3, 0.4) is 0 Å². The molecule has 0 amide bonds. The fourth-order valence-electron chi connectivity index (χ4n) is 4.38. The quantitative estimate of drug-likeness (QED) is 0.908. The van der Waals surface area contributed by atoms with E-state index in [-0.39, 0.29) is 17.6 Å². The highest BCUT2D eigenvalue weighted by Crippen LogP contribution is 2.51. The van der Waals surface area contributed by atoms with Gasteiger partial charge in [-0.05, 0) is 56.6 Å². The molecule has 25 heavy (non-hydrogen) atoms. The van der Waals surface area contributed by atoms with Crippen molar-refractivity contribution in [1.29, 1.82) is 0 Å². The molecule has 2 aromatic rings. The number of hydrogen-bond acceptors (Lipinski definition) is 4. The van der Waals surface area contributed by atoms with Crippen LogP contribution in [0.5, 0.6) is 0 Å². The standard InChI is InChI=1S/C20H27N3O2/c1-2-25-19-14-18(24)20(19)8-12-22(13-9-20)15-16-4-6-17(7-5-16)23-11-3-10-21-23/h3-7,10-11,18-19,24H,2,8-9,12-15H2,1H3. The number of aliphatic hydroxyl groups is 1. The second-order valence-corrected chi connectivity index (χ2v) is 7.32. The Labute approximate surface area is 149 Å². The Morgan fingerprint density at radius 2 is 2.00 bits per heavy atom. The van der Waals surface area contributed by atoms with E-state index in [2.05, 4.69) is 34.3 Å². The van der Waals surface area contributed by atoms with E-state index >= 15 is 0 Å². The Bertz CT molecular complexity index is 673. The second-order valence-electron chi connectivity index (χ2n) is 7.32. The number of piperidine rings is 1. The molecule has 1 saturated carbocycles. The average Bonchev–Trinajstić information content (AvgIpc) is 3.18. The highest BCUT2D eigenvalue weighted by Gasteiger charge is 2.55. The van der Waals surface area contributed by atoms with Crippen molar-refractivity contribution in [2.24, 2.45) is 5.41 Å². The van der Waals surface area contributed by atoms with Crippen LogP contribution in [-0.2, 0) is 11.3 Å². The third-order valence-corrected chi connectivity index (χ3v) is 6.01. The summed E-state index contributed by atoms with van der Waals surface area (Å²) < 4.78 is 7.73. The molecule has 0 radical (unpaired) electrons. The predicted octanol–water partition coefficient (Wildman–Crippen LogP) is 2.62. The lowest BCUT2D eigenvalue weighted by Gasteiger charge is -2.56. The third-order valence-electron chi connectivity index (χ3n) is 6.01. The SMILES string of the molecule is CCOC1CC(O)C12CCN(Cc1ccc(-n3cccn3)cc1)CC2. The number of aromatic nitrogens is 2. The van der Waals surface area contributed by atoms with Gasteiger partial charge in [-0.15, -0.1) is 0 Å². The van der Waals surface area contributed by atoms with Crippen LogP contribution in [0.25, 0.3) is 5.69 Å². The van der Waals surface area contributed by atoms with Crippen LogP contribution >= 0.6 is 0 Å². The minimum absolute atomic E-state index is 0.0104. The molecule has 5 heteroatoms. The van der Waals surface area contributed by atoms with Crippen molar-refractivity contribution >= 4 is 0 Å². The van der Waals surface area contributed by atoms with Crippen LogP contribution in [0.1, 0.15) is 31.7 Å². The molecule has 1 N–H and O–H groups in total.